The van der Waals surface area contributed by atoms with Crippen LogP contribution < -0.4 is 14.4 Å². The summed E-state index contributed by atoms with van der Waals surface area (Å²) in [5.41, 5.74) is 1.02. The van der Waals surface area contributed by atoms with Crippen LogP contribution in [0.1, 0.15) is 30.3 Å². The van der Waals surface area contributed by atoms with E-state index in [1.807, 2.05) is 17.5 Å². The summed E-state index contributed by atoms with van der Waals surface area (Å²) < 4.78 is 11.0. The fourth-order valence-corrected chi connectivity index (χ4v) is 4.53. The molecular weight excluding hydrogens is 438 g/mol. The molecule has 33 heavy (non-hydrogen) atoms. The SMILES string of the molecule is COc1cccc(N2C(=O)C(=O)/C(=C(\O)c3ccc(OCC(C)C)cc3)C2c2cccs2)c1. The Labute approximate surface area is 196 Å². The molecule has 170 valence electrons. The van der Waals surface area contributed by atoms with Crippen molar-refractivity contribution in [3.8, 4) is 11.5 Å². The number of Topliss-reactive ketones (excluding diaryl/α,β-unsaturated/α-hetero) is 1. The van der Waals surface area contributed by atoms with Gasteiger partial charge in [0, 0.05) is 22.2 Å². The molecule has 7 heteroatoms. The van der Waals surface area contributed by atoms with E-state index in [0.29, 0.717) is 35.3 Å². The number of ketones is 1. The highest BCUT2D eigenvalue weighted by Crippen LogP contribution is 2.44. The Hall–Kier alpha value is -3.58. The molecule has 1 N–H and O–H groups in total. The Kier molecular flexibility index (Phi) is 6.51. The quantitative estimate of drug-likeness (QED) is 0.288. The minimum absolute atomic E-state index is 0.0566. The molecule has 2 aromatic carbocycles. The van der Waals surface area contributed by atoms with Crippen LogP contribution in [-0.4, -0.2) is 30.5 Å². The van der Waals surface area contributed by atoms with E-state index in [1.54, 1.807) is 55.6 Å². The third kappa shape index (κ3) is 4.50. The fourth-order valence-electron chi connectivity index (χ4n) is 3.70. The number of aliphatic hydroxyl groups is 1. The van der Waals surface area contributed by atoms with Gasteiger partial charge in [-0.1, -0.05) is 26.0 Å². The first-order valence-electron chi connectivity index (χ1n) is 10.6. The van der Waals surface area contributed by atoms with Gasteiger partial charge in [0.05, 0.1) is 19.3 Å². The van der Waals surface area contributed by atoms with Crippen molar-refractivity contribution in [3.63, 3.8) is 0 Å². The normalized spacial score (nSPS) is 17.6. The van der Waals surface area contributed by atoms with E-state index >= 15 is 0 Å². The summed E-state index contributed by atoms with van der Waals surface area (Å²) in [5, 5.41) is 13.0. The summed E-state index contributed by atoms with van der Waals surface area (Å²) in [7, 11) is 1.54. The van der Waals surface area contributed by atoms with E-state index < -0.39 is 17.7 Å². The topological polar surface area (TPSA) is 76.1 Å². The number of carbonyl (C=O) groups excluding carboxylic acids is 2. The molecule has 1 atom stereocenters. The maximum atomic E-state index is 13.1. The van der Waals surface area contributed by atoms with Crippen molar-refractivity contribution in [1.82, 2.24) is 0 Å². The van der Waals surface area contributed by atoms with E-state index in [0.717, 1.165) is 4.88 Å². The lowest BCUT2D eigenvalue weighted by molar-refractivity contribution is -0.132. The standard InChI is InChI=1S/C26H25NO5S/c1-16(2)15-32-19-11-9-17(10-12-19)24(28)22-23(21-8-5-13-33-21)27(26(30)25(22)29)18-6-4-7-20(14-18)31-3/h4-14,16,23,28H,15H2,1-3H3/b24-22-. The molecule has 1 amide bonds. The second kappa shape index (κ2) is 9.50. The highest BCUT2D eigenvalue weighted by Gasteiger charge is 2.47. The zero-order chi connectivity index (χ0) is 23.5. The smallest absolute Gasteiger partial charge is 0.300 e. The maximum Gasteiger partial charge on any atom is 0.300 e. The monoisotopic (exact) mass is 463 g/mol. The van der Waals surface area contributed by atoms with E-state index in [1.165, 1.54) is 16.2 Å². The molecule has 1 aromatic heterocycles. The number of carbonyl (C=O) groups is 2. The number of aliphatic hydroxyl groups excluding tert-OH is 1. The third-order valence-corrected chi connectivity index (χ3v) is 6.22. The molecule has 4 rings (SSSR count). The molecule has 0 spiro atoms. The average Bonchev–Trinajstić information content (AvgIpc) is 3.44. The van der Waals surface area contributed by atoms with Gasteiger partial charge in [0.25, 0.3) is 11.7 Å². The first-order chi connectivity index (χ1) is 15.9. The Morgan fingerprint density at radius 3 is 2.45 bits per heavy atom. The van der Waals surface area contributed by atoms with Gasteiger partial charge in [0.2, 0.25) is 0 Å². The van der Waals surface area contributed by atoms with E-state index in [2.05, 4.69) is 13.8 Å². The Morgan fingerprint density at radius 2 is 1.82 bits per heavy atom. The highest BCUT2D eigenvalue weighted by molar-refractivity contribution is 7.10. The van der Waals surface area contributed by atoms with Crippen LogP contribution in [0, 0.1) is 5.92 Å². The van der Waals surface area contributed by atoms with Gasteiger partial charge in [0.15, 0.2) is 0 Å². The molecular formula is C26H25NO5S. The number of thiophene rings is 1. The van der Waals surface area contributed by atoms with Gasteiger partial charge in [-0.25, -0.2) is 0 Å². The zero-order valence-corrected chi connectivity index (χ0v) is 19.5. The van der Waals surface area contributed by atoms with Crippen LogP contribution in [0.3, 0.4) is 0 Å². The Bertz CT molecular complexity index is 1180. The van der Waals surface area contributed by atoms with Gasteiger partial charge in [-0.3, -0.25) is 14.5 Å². The van der Waals surface area contributed by atoms with Gasteiger partial charge in [-0.15, -0.1) is 11.3 Å². The first kappa shape index (κ1) is 22.6. The zero-order valence-electron chi connectivity index (χ0n) is 18.6. The molecule has 1 saturated heterocycles. The molecule has 1 aliphatic heterocycles. The molecule has 6 nitrogen and oxygen atoms in total. The second-order valence-electron chi connectivity index (χ2n) is 8.12. The number of methoxy groups -OCH3 is 1. The van der Waals surface area contributed by atoms with Crippen LogP contribution >= 0.6 is 11.3 Å². The average molecular weight is 464 g/mol. The minimum atomic E-state index is -0.742. The summed E-state index contributed by atoms with van der Waals surface area (Å²) in [5.74, 6) is -0.0128. The first-order valence-corrected chi connectivity index (χ1v) is 11.5. The molecule has 0 radical (unpaired) electrons. The number of anilines is 1. The van der Waals surface area contributed by atoms with Crippen LogP contribution in [0.4, 0.5) is 5.69 Å². The van der Waals surface area contributed by atoms with Crippen LogP contribution in [0.25, 0.3) is 5.76 Å². The molecule has 1 fully saturated rings. The fraction of sp³-hybridized carbons (Fsp3) is 0.231. The van der Waals surface area contributed by atoms with Gasteiger partial charge in [-0.05, 0) is 53.8 Å². The summed E-state index contributed by atoms with van der Waals surface area (Å²) in [4.78, 5) is 28.5. The summed E-state index contributed by atoms with van der Waals surface area (Å²) in [6.45, 7) is 4.70. The van der Waals surface area contributed by atoms with Crippen molar-refractivity contribution < 1.29 is 24.2 Å². The van der Waals surface area contributed by atoms with Gasteiger partial charge in [0.1, 0.15) is 23.3 Å². The summed E-state index contributed by atoms with van der Waals surface area (Å²) >= 11 is 1.42. The van der Waals surface area contributed by atoms with Crippen molar-refractivity contribution in [1.29, 1.82) is 0 Å². The summed E-state index contributed by atoms with van der Waals surface area (Å²) in [6, 6.07) is 16.8. The van der Waals surface area contributed by atoms with E-state index in [9.17, 15) is 14.7 Å². The predicted molar refractivity (Wildman–Crippen MR) is 129 cm³/mol. The predicted octanol–water partition coefficient (Wildman–Crippen LogP) is 5.42. The minimum Gasteiger partial charge on any atom is -0.507 e. The van der Waals surface area contributed by atoms with Crippen molar-refractivity contribution in [2.24, 2.45) is 5.92 Å². The largest absolute Gasteiger partial charge is 0.507 e. The second-order valence-corrected chi connectivity index (χ2v) is 9.09. The maximum absolute atomic E-state index is 13.1. The van der Waals surface area contributed by atoms with Crippen LogP contribution in [0.5, 0.6) is 11.5 Å². The third-order valence-electron chi connectivity index (χ3n) is 5.30. The number of ether oxygens (including phenoxy) is 2. The molecule has 3 aromatic rings. The molecule has 1 aliphatic rings. The number of hydrogen-bond acceptors (Lipinski definition) is 6. The lowest BCUT2D eigenvalue weighted by Gasteiger charge is -2.24. The number of nitrogens with zero attached hydrogens (tertiary/aromatic N) is 1. The van der Waals surface area contributed by atoms with Crippen molar-refractivity contribution in [2.45, 2.75) is 19.9 Å². The Morgan fingerprint density at radius 1 is 1.06 bits per heavy atom. The summed E-state index contributed by atoms with van der Waals surface area (Å²) in [6.07, 6.45) is 0. The number of hydrogen-bond donors (Lipinski definition) is 1. The van der Waals surface area contributed by atoms with E-state index in [4.69, 9.17) is 9.47 Å². The number of rotatable bonds is 7. The van der Waals surface area contributed by atoms with Crippen molar-refractivity contribution >= 4 is 34.5 Å². The molecule has 0 aliphatic carbocycles. The lowest BCUT2D eigenvalue weighted by Crippen LogP contribution is -2.29. The molecule has 2 heterocycles. The number of benzene rings is 2. The highest BCUT2D eigenvalue weighted by atomic mass is 32.1. The van der Waals surface area contributed by atoms with Crippen LogP contribution in [-0.2, 0) is 9.59 Å². The lowest BCUT2D eigenvalue weighted by atomic mass is 9.99. The van der Waals surface area contributed by atoms with Crippen molar-refractivity contribution in [2.75, 3.05) is 18.6 Å². The number of amides is 1. The Balaban J connectivity index is 1.78. The van der Waals surface area contributed by atoms with Gasteiger partial charge >= 0.3 is 0 Å². The molecule has 1 unspecified atom stereocenters. The van der Waals surface area contributed by atoms with Gasteiger partial charge < -0.3 is 14.6 Å². The van der Waals surface area contributed by atoms with Gasteiger partial charge in [-0.2, -0.15) is 0 Å². The van der Waals surface area contributed by atoms with Crippen LogP contribution in [0.2, 0.25) is 0 Å². The van der Waals surface area contributed by atoms with E-state index in [-0.39, 0.29) is 11.3 Å². The van der Waals surface area contributed by atoms with Crippen LogP contribution in [0.15, 0.2) is 71.6 Å². The molecule has 0 bridgehead atoms. The molecule has 0 saturated carbocycles. The van der Waals surface area contributed by atoms with Crippen molar-refractivity contribution in [3.05, 3.63) is 82.1 Å².